The number of nitrogens with zero attached hydrogens (tertiary/aromatic N) is 4. The van der Waals surface area contributed by atoms with Crippen molar-refractivity contribution >= 4 is 23.5 Å². The molecule has 4 rings (SSSR count). The lowest BCUT2D eigenvalue weighted by Gasteiger charge is -2.34. The van der Waals surface area contributed by atoms with Crippen LogP contribution in [0.1, 0.15) is 28.4 Å². The van der Waals surface area contributed by atoms with Crippen molar-refractivity contribution in [3.05, 3.63) is 59.4 Å². The zero-order chi connectivity index (χ0) is 18.1. The van der Waals surface area contributed by atoms with Crippen LogP contribution in [0, 0.1) is 0 Å². The summed E-state index contributed by atoms with van der Waals surface area (Å²) in [5.41, 5.74) is 3.09. The van der Waals surface area contributed by atoms with Crippen molar-refractivity contribution < 1.29 is 9.59 Å². The highest BCUT2D eigenvalue weighted by molar-refractivity contribution is 6.20. The Hall–Kier alpha value is -3.22. The summed E-state index contributed by atoms with van der Waals surface area (Å²) in [6.45, 7) is 4.09. The molecule has 1 aromatic carbocycles. The van der Waals surface area contributed by atoms with Crippen molar-refractivity contribution in [1.29, 1.82) is 0 Å². The Morgan fingerprint density at radius 2 is 2.19 bits per heavy atom. The van der Waals surface area contributed by atoms with Crippen LogP contribution in [0.25, 0.3) is 0 Å². The second-order valence-electron chi connectivity index (χ2n) is 6.16. The Kier molecular flexibility index (Phi) is 4.12. The van der Waals surface area contributed by atoms with Gasteiger partial charge < -0.3 is 5.32 Å². The van der Waals surface area contributed by atoms with Gasteiger partial charge in [0, 0.05) is 43.2 Å². The van der Waals surface area contributed by atoms with Gasteiger partial charge in [-0.05, 0) is 36.8 Å². The highest BCUT2D eigenvalue weighted by Gasteiger charge is 2.36. The average molecular weight is 349 g/mol. The van der Waals surface area contributed by atoms with Gasteiger partial charge in [-0.2, -0.15) is 0 Å². The lowest BCUT2D eigenvalue weighted by molar-refractivity contribution is 0.0951. The number of carbonyl (C=O) groups is 2. The number of anilines is 1. The number of nitrogens with one attached hydrogen (secondary N) is 1. The molecule has 1 N–H and O–H groups in total. The highest BCUT2D eigenvalue weighted by Crippen LogP contribution is 2.31. The number of urea groups is 1. The van der Waals surface area contributed by atoms with Gasteiger partial charge in [0.1, 0.15) is 5.84 Å². The molecule has 0 saturated heterocycles. The summed E-state index contributed by atoms with van der Waals surface area (Å²) in [6.07, 6.45) is 3.41. The van der Waals surface area contributed by atoms with Crippen molar-refractivity contribution in [1.82, 2.24) is 15.2 Å². The Morgan fingerprint density at radius 3 is 2.96 bits per heavy atom. The standard InChI is InChI=1S/C19H19N5O2/c1-2-23-16-10-14(18(25)22-12-13-4-3-7-20-11-13)5-6-15(16)17-21-8-9-24(17)19(23)26/h3-7,10-11H,2,8-9,12H2,1H3,(H,22,25). The number of fused-ring (bicyclic) bond motifs is 3. The van der Waals surface area contributed by atoms with Gasteiger partial charge in [-0.15, -0.1) is 0 Å². The Labute approximate surface area is 151 Å². The van der Waals surface area contributed by atoms with E-state index in [1.165, 1.54) is 0 Å². The maximum Gasteiger partial charge on any atom is 0.330 e. The number of aliphatic imine (C=N–C) groups is 1. The molecule has 3 heterocycles. The zero-order valence-electron chi connectivity index (χ0n) is 14.5. The quantitative estimate of drug-likeness (QED) is 0.917. The van der Waals surface area contributed by atoms with E-state index in [1.807, 2.05) is 25.1 Å². The predicted octanol–water partition coefficient (Wildman–Crippen LogP) is 2.03. The van der Waals surface area contributed by atoms with E-state index in [0.717, 1.165) is 16.8 Å². The molecule has 0 radical (unpaired) electrons. The average Bonchev–Trinajstić information content (AvgIpc) is 3.17. The van der Waals surface area contributed by atoms with Gasteiger partial charge in [-0.1, -0.05) is 6.07 Å². The number of pyridine rings is 1. The summed E-state index contributed by atoms with van der Waals surface area (Å²) in [7, 11) is 0. The van der Waals surface area contributed by atoms with Crippen LogP contribution in [0.3, 0.4) is 0 Å². The van der Waals surface area contributed by atoms with E-state index in [2.05, 4.69) is 15.3 Å². The molecule has 0 aliphatic carbocycles. The summed E-state index contributed by atoms with van der Waals surface area (Å²) in [4.78, 5) is 37.1. The molecule has 2 aliphatic rings. The van der Waals surface area contributed by atoms with Gasteiger partial charge in [0.05, 0.1) is 12.2 Å². The van der Waals surface area contributed by atoms with Gasteiger partial charge in [0.2, 0.25) is 0 Å². The summed E-state index contributed by atoms with van der Waals surface area (Å²) < 4.78 is 0. The molecule has 0 fully saturated rings. The molecule has 0 unspecified atom stereocenters. The third-order valence-corrected chi connectivity index (χ3v) is 4.59. The van der Waals surface area contributed by atoms with Crippen LogP contribution in [-0.4, -0.2) is 47.3 Å². The largest absolute Gasteiger partial charge is 0.348 e. The minimum absolute atomic E-state index is 0.0795. The van der Waals surface area contributed by atoms with Gasteiger partial charge in [-0.25, -0.2) is 4.79 Å². The number of rotatable bonds is 4. The molecular formula is C19H19N5O2. The van der Waals surface area contributed by atoms with E-state index in [9.17, 15) is 9.59 Å². The maximum atomic E-state index is 12.7. The minimum Gasteiger partial charge on any atom is -0.348 e. The summed E-state index contributed by atoms with van der Waals surface area (Å²) in [6, 6.07) is 9.08. The second-order valence-corrected chi connectivity index (χ2v) is 6.16. The van der Waals surface area contributed by atoms with Crippen molar-refractivity contribution in [2.75, 3.05) is 24.5 Å². The lowest BCUT2D eigenvalue weighted by atomic mass is 10.0. The van der Waals surface area contributed by atoms with E-state index in [4.69, 9.17) is 0 Å². The van der Waals surface area contributed by atoms with Crippen LogP contribution in [0.2, 0.25) is 0 Å². The first-order valence-corrected chi connectivity index (χ1v) is 8.64. The topological polar surface area (TPSA) is 77.9 Å². The van der Waals surface area contributed by atoms with Crippen LogP contribution in [-0.2, 0) is 6.54 Å². The fourth-order valence-corrected chi connectivity index (χ4v) is 3.29. The van der Waals surface area contributed by atoms with E-state index in [1.54, 1.807) is 34.3 Å². The van der Waals surface area contributed by atoms with E-state index in [-0.39, 0.29) is 11.9 Å². The number of amides is 3. The first-order chi connectivity index (χ1) is 12.7. The molecule has 2 aromatic rings. The van der Waals surface area contributed by atoms with Crippen molar-refractivity contribution in [2.45, 2.75) is 13.5 Å². The highest BCUT2D eigenvalue weighted by atomic mass is 16.2. The number of hydrogen-bond acceptors (Lipinski definition) is 4. The van der Waals surface area contributed by atoms with E-state index < -0.39 is 0 Å². The van der Waals surface area contributed by atoms with Crippen LogP contribution in [0.4, 0.5) is 10.5 Å². The molecule has 7 nitrogen and oxygen atoms in total. The number of benzene rings is 1. The summed E-state index contributed by atoms with van der Waals surface area (Å²) >= 11 is 0. The van der Waals surface area contributed by atoms with Gasteiger partial charge in [-0.3, -0.25) is 24.6 Å². The van der Waals surface area contributed by atoms with Crippen molar-refractivity contribution in [3.63, 3.8) is 0 Å². The fourth-order valence-electron chi connectivity index (χ4n) is 3.29. The molecule has 2 aliphatic heterocycles. The maximum absolute atomic E-state index is 12.7. The van der Waals surface area contributed by atoms with Crippen LogP contribution >= 0.6 is 0 Å². The van der Waals surface area contributed by atoms with E-state index >= 15 is 0 Å². The Bertz CT molecular complexity index is 894. The molecule has 0 saturated carbocycles. The zero-order valence-corrected chi connectivity index (χ0v) is 14.5. The summed E-state index contributed by atoms with van der Waals surface area (Å²) in [5.74, 6) is 0.521. The third kappa shape index (κ3) is 2.71. The van der Waals surface area contributed by atoms with Crippen LogP contribution in [0.15, 0.2) is 47.7 Å². The van der Waals surface area contributed by atoms with Crippen molar-refractivity contribution in [2.24, 2.45) is 4.99 Å². The first-order valence-electron chi connectivity index (χ1n) is 8.64. The summed E-state index contributed by atoms with van der Waals surface area (Å²) in [5, 5.41) is 2.89. The minimum atomic E-state index is -0.184. The molecule has 0 bridgehead atoms. The van der Waals surface area contributed by atoms with Gasteiger partial charge in [0.25, 0.3) is 5.91 Å². The van der Waals surface area contributed by atoms with Gasteiger partial charge >= 0.3 is 6.03 Å². The fraction of sp³-hybridized carbons (Fsp3) is 0.263. The Morgan fingerprint density at radius 1 is 1.31 bits per heavy atom. The number of amidine groups is 1. The smallest absolute Gasteiger partial charge is 0.330 e. The van der Waals surface area contributed by atoms with Crippen molar-refractivity contribution in [3.8, 4) is 0 Å². The Balaban J connectivity index is 1.61. The van der Waals surface area contributed by atoms with Gasteiger partial charge in [0.15, 0.2) is 0 Å². The molecule has 0 atom stereocenters. The second kappa shape index (κ2) is 6.59. The molecule has 0 spiro atoms. The molecule has 26 heavy (non-hydrogen) atoms. The molecule has 3 amide bonds. The molecule has 7 heteroatoms. The molecule has 132 valence electrons. The number of hydrogen-bond donors (Lipinski definition) is 1. The van der Waals surface area contributed by atoms with E-state index in [0.29, 0.717) is 37.6 Å². The first kappa shape index (κ1) is 16.3. The predicted molar refractivity (Wildman–Crippen MR) is 98.4 cm³/mol. The lowest BCUT2D eigenvalue weighted by Crippen LogP contribution is -2.49. The monoisotopic (exact) mass is 349 g/mol. The van der Waals surface area contributed by atoms with Crippen LogP contribution in [0.5, 0.6) is 0 Å². The number of aromatic nitrogens is 1. The van der Waals surface area contributed by atoms with Crippen LogP contribution < -0.4 is 10.2 Å². The normalized spacial score (nSPS) is 15.4. The third-order valence-electron chi connectivity index (χ3n) is 4.59. The molecule has 1 aromatic heterocycles. The SMILES string of the molecule is CCN1C(=O)N2CCN=C2c2ccc(C(=O)NCc3cccnc3)cc21. The molecular weight excluding hydrogens is 330 g/mol. The number of carbonyl (C=O) groups excluding carboxylic acids is 2.